The number of hydrogen-bond donors (Lipinski definition) is 1. The Hall–Kier alpha value is -1.40. The first-order chi connectivity index (χ1) is 6.42. The highest BCUT2D eigenvalue weighted by Crippen LogP contribution is 2.27. The first-order valence-corrected chi connectivity index (χ1v) is 4.74. The second kappa shape index (κ2) is 3.55. The van der Waals surface area contributed by atoms with Gasteiger partial charge in [0.05, 0.1) is 0 Å². The molecule has 0 heterocycles. The van der Waals surface area contributed by atoms with Crippen molar-refractivity contribution in [3.05, 3.63) is 42.5 Å². The average molecular weight is 189 g/mol. The quantitative estimate of drug-likeness (QED) is 0.715. The zero-order valence-electron chi connectivity index (χ0n) is 6.90. The molecule has 2 rings (SSSR count). The molecule has 2 aromatic carbocycles. The van der Waals surface area contributed by atoms with E-state index in [1.165, 1.54) is 0 Å². The van der Waals surface area contributed by atoms with Crippen molar-refractivity contribution in [3.63, 3.8) is 0 Å². The summed E-state index contributed by atoms with van der Waals surface area (Å²) in [5, 5.41) is 9.17. The van der Waals surface area contributed by atoms with E-state index in [1.54, 1.807) is 0 Å². The lowest BCUT2D eigenvalue weighted by molar-refractivity contribution is 0.644. The van der Waals surface area contributed by atoms with Crippen molar-refractivity contribution >= 4 is 19.4 Å². The van der Waals surface area contributed by atoms with E-state index in [1.807, 2.05) is 42.5 Å². The van der Waals surface area contributed by atoms with Crippen LogP contribution in [0.4, 0.5) is 0 Å². The fourth-order valence-electron chi connectivity index (χ4n) is 1.32. The van der Waals surface area contributed by atoms with E-state index in [9.17, 15) is 0 Å². The second-order valence-corrected chi connectivity index (χ2v) is 3.03. The van der Waals surface area contributed by atoms with Gasteiger partial charge in [-0.25, -0.2) is 5.16 Å². The summed E-state index contributed by atoms with van der Waals surface area (Å²) in [5.74, 6) is 0.773. The van der Waals surface area contributed by atoms with Crippen LogP contribution >= 0.6 is 8.60 Å². The Balaban J connectivity index is 2.68. The number of benzene rings is 2. The molecule has 0 aliphatic carbocycles. The maximum Gasteiger partial charge on any atom is 0.238 e. The molecule has 3 heteroatoms. The minimum atomic E-state index is 0.184. The molecule has 0 saturated carbocycles. The summed E-state index contributed by atoms with van der Waals surface area (Å²) >= 11 is 0. The van der Waals surface area contributed by atoms with E-state index in [0.29, 0.717) is 0 Å². The molecule has 0 atom stereocenters. The SMILES string of the molecule is N=POc1cccc2ccccc12. The smallest absolute Gasteiger partial charge is 0.238 e. The molecule has 0 bridgehead atoms. The van der Waals surface area contributed by atoms with E-state index in [4.69, 9.17) is 9.69 Å². The monoisotopic (exact) mass is 189 g/mol. The Morgan fingerprint density at radius 2 is 1.77 bits per heavy atom. The third-order valence-electron chi connectivity index (χ3n) is 1.89. The van der Waals surface area contributed by atoms with Crippen LogP contribution in [0.2, 0.25) is 0 Å². The van der Waals surface area contributed by atoms with Crippen LogP contribution in [0.1, 0.15) is 0 Å². The maximum absolute atomic E-state index is 6.97. The van der Waals surface area contributed by atoms with Gasteiger partial charge in [-0.15, -0.1) is 0 Å². The summed E-state index contributed by atoms with van der Waals surface area (Å²) in [6, 6.07) is 13.8. The fraction of sp³-hybridized carbons (Fsp3) is 0. The van der Waals surface area contributed by atoms with Crippen LogP contribution in [-0.2, 0) is 0 Å². The Labute approximate surface area is 77.9 Å². The van der Waals surface area contributed by atoms with Crippen molar-refractivity contribution in [3.8, 4) is 5.75 Å². The molecule has 64 valence electrons. The summed E-state index contributed by atoms with van der Waals surface area (Å²) < 4.78 is 5.16. The molecule has 13 heavy (non-hydrogen) atoms. The summed E-state index contributed by atoms with van der Waals surface area (Å²) in [5.41, 5.74) is 0. The van der Waals surface area contributed by atoms with Gasteiger partial charge in [0.25, 0.3) is 0 Å². The van der Waals surface area contributed by atoms with Gasteiger partial charge in [0, 0.05) is 5.39 Å². The normalized spacial score (nSPS) is 10.5. The molecule has 0 aliphatic rings. The number of fused-ring (bicyclic) bond motifs is 1. The van der Waals surface area contributed by atoms with Crippen LogP contribution in [0.3, 0.4) is 0 Å². The van der Waals surface area contributed by atoms with Crippen LogP contribution in [0.5, 0.6) is 5.75 Å². The van der Waals surface area contributed by atoms with E-state index in [-0.39, 0.29) is 8.60 Å². The van der Waals surface area contributed by atoms with Crippen LogP contribution in [0.15, 0.2) is 42.5 Å². The van der Waals surface area contributed by atoms with Crippen LogP contribution in [0.25, 0.3) is 10.8 Å². The van der Waals surface area contributed by atoms with E-state index < -0.39 is 0 Å². The van der Waals surface area contributed by atoms with Crippen molar-refractivity contribution in [2.45, 2.75) is 0 Å². The van der Waals surface area contributed by atoms with Crippen molar-refractivity contribution in [2.24, 2.45) is 0 Å². The number of rotatable bonds is 2. The summed E-state index contributed by atoms with van der Waals surface area (Å²) in [4.78, 5) is 0. The summed E-state index contributed by atoms with van der Waals surface area (Å²) in [6.07, 6.45) is 0. The van der Waals surface area contributed by atoms with E-state index >= 15 is 0 Å². The van der Waals surface area contributed by atoms with Gasteiger partial charge in [-0.2, -0.15) is 0 Å². The molecule has 2 nitrogen and oxygen atoms in total. The molecule has 0 saturated heterocycles. The van der Waals surface area contributed by atoms with Gasteiger partial charge in [0.2, 0.25) is 8.60 Å². The Morgan fingerprint density at radius 3 is 2.62 bits per heavy atom. The molecule has 0 unspecified atom stereocenters. The van der Waals surface area contributed by atoms with Gasteiger partial charge in [-0.3, -0.25) is 0 Å². The van der Waals surface area contributed by atoms with Crippen molar-refractivity contribution in [1.82, 2.24) is 0 Å². The maximum atomic E-state index is 6.97. The largest absolute Gasteiger partial charge is 0.422 e. The third kappa shape index (κ3) is 1.53. The van der Waals surface area contributed by atoms with Gasteiger partial charge < -0.3 is 4.52 Å². The highest BCUT2D eigenvalue weighted by molar-refractivity contribution is 7.19. The summed E-state index contributed by atoms with van der Waals surface area (Å²) in [6.45, 7) is 0. The number of nitrogens with one attached hydrogen (secondary N) is 1. The zero-order valence-corrected chi connectivity index (χ0v) is 7.79. The lowest BCUT2D eigenvalue weighted by atomic mass is 10.1. The molecule has 0 aromatic heterocycles. The van der Waals surface area contributed by atoms with E-state index in [2.05, 4.69) is 0 Å². The first kappa shape index (κ1) is 8.21. The number of hydrogen-bond acceptors (Lipinski definition) is 2. The highest BCUT2D eigenvalue weighted by Gasteiger charge is 1.98. The molecular formula is C10H8NOP. The Morgan fingerprint density at radius 1 is 1.00 bits per heavy atom. The van der Waals surface area contributed by atoms with Crippen molar-refractivity contribution in [2.75, 3.05) is 0 Å². The topological polar surface area (TPSA) is 33.1 Å². The fourth-order valence-corrected chi connectivity index (χ4v) is 1.58. The van der Waals surface area contributed by atoms with E-state index in [0.717, 1.165) is 16.5 Å². The molecule has 0 radical (unpaired) electrons. The van der Waals surface area contributed by atoms with Gasteiger partial charge in [0.15, 0.2) is 0 Å². The lowest BCUT2D eigenvalue weighted by Gasteiger charge is -2.02. The highest BCUT2D eigenvalue weighted by atomic mass is 31.1. The third-order valence-corrected chi connectivity index (χ3v) is 2.18. The zero-order chi connectivity index (χ0) is 9.10. The standard InChI is InChI=1S/C10H8NOP/c11-13-12-10-7-3-5-8-4-1-2-6-9(8)10/h1-7,11H. The lowest BCUT2D eigenvalue weighted by Crippen LogP contribution is -1.77. The molecular weight excluding hydrogens is 181 g/mol. The first-order valence-electron chi connectivity index (χ1n) is 3.93. The van der Waals surface area contributed by atoms with Crippen LogP contribution in [-0.4, -0.2) is 0 Å². The minimum absolute atomic E-state index is 0.184. The molecule has 0 spiro atoms. The molecule has 0 amide bonds. The second-order valence-electron chi connectivity index (χ2n) is 2.66. The molecule has 2 aromatic rings. The van der Waals surface area contributed by atoms with Crippen molar-refractivity contribution < 1.29 is 4.52 Å². The van der Waals surface area contributed by atoms with Gasteiger partial charge >= 0.3 is 0 Å². The molecule has 0 aliphatic heterocycles. The molecule has 0 fully saturated rings. The predicted octanol–water partition coefficient (Wildman–Crippen LogP) is 3.84. The summed E-state index contributed by atoms with van der Waals surface area (Å²) in [7, 11) is 0.184. The van der Waals surface area contributed by atoms with Crippen LogP contribution in [0, 0.1) is 5.16 Å². The Kier molecular flexibility index (Phi) is 2.24. The minimum Gasteiger partial charge on any atom is -0.422 e. The van der Waals surface area contributed by atoms with Gasteiger partial charge in [0.1, 0.15) is 5.75 Å². The van der Waals surface area contributed by atoms with Crippen molar-refractivity contribution in [1.29, 1.82) is 5.16 Å². The van der Waals surface area contributed by atoms with Gasteiger partial charge in [-0.05, 0) is 11.5 Å². The average Bonchev–Trinajstić information content (AvgIpc) is 2.19. The Bertz CT molecular complexity index is 436. The van der Waals surface area contributed by atoms with Crippen LogP contribution < -0.4 is 4.52 Å². The van der Waals surface area contributed by atoms with Gasteiger partial charge in [-0.1, -0.05) is 36.4 Å². The predicted molar refractivity (Wildman–Crippen MR) is 54.2 cm³/mol. The molecule has 1 N–H and O–H groups in total.